The fourth-order valence-electron chi connectivity index (χ4n) is 11.3. The first-order valence-corrected chi connectivity index (χ1v) is 42.1. The summed E-state index contributed by atoms with van der Waals surface area (Å²) in [7, 11) is 0. The highest BCUT2D eigenvalue weighted by atomic mass is 35.5. The number of aryl methyl sites for hydroxylation is 1. The molecule has 0 spiro atoms. The summed E-state index contributed by atoms with van der Waals surface area (Å²) in [6, 6.07) is 64.4. The summed E-state index contributed by atoms with van der Waals surface area (Å²) >= 11 is 20.5. The number of thiazole rings is 5. The average Bonchev–Trinajstić information content (AvgIpc) is 1.70. The van der Waals surface area contributed by atoms with Crippen LogP contribution in [0.5, 0.6) is 0 Å². The van der Waals surface area contributed by atoms with Crippen molar-refractivity contribution in [1.29, 1.82) is 0 Å². The second-order valence-electron chi connectivity index (χ2n) is 24.0. The van der Waals surface area contributed by atoms with Crippen LogP contribution in [0, 0.1) is 6.92 Å². The molecule has 31 heteroatoms. The smallest absolute Gasteiger partial charge is 0.207 e. The van der Waals surface area contributed by atoms with Gasteiger partial charge in [0.2, 0.25) is 29.7 Å². The lowest BCUT2D eigenvalue weighted by atomic mass is 10.1. The van der Waals surface area contributed by atoms with E-state index in [1.807, 2.05) is 256 Å². The van der Waals surface area contributed by atoms with E-state index in [0.717, 1.165) is 130 Å². The molecule has 0 atom stereocenters. The molecule has 15 aromatic heterocycles. The van der Waals surface area contributed by atoms with Crippen LogP contribution in [0.15, 0.2) is 280 Å². The number of halogens is 1. The Morgan fingerprint density at radius 3 is 1.07 bits per heavy atom. The van der Waals surface area contributed by atoms with Crippen molar-refractivity contribution in [3.8, 4) is 124 Å². The number of hydrogen-bond acceptors (Lipinski definition) is 25. The van der Waals surface area contributed by atoms with E-state index in [9.17, 15) is 0 Å². The van der Waals surface area contributed by atoms with Crippen LogP contribution in [0.1, 0.15) is 5.69 Å². The van der Waals surface area contributed by atoms with Crippen molar-refractivity contribution in [3.05, 3.63) is 290 Å². The van der Waals surface area contributed by atoms with Gasteiger partial charge in [0.05, 0.1) is 53.7 Å². The number of hydrogen-bond donors (Lipinski definition) is 5. The SMILES string of the molecule is Cc1csc(-n2cc(-c3cccs3)nc2N)n1.Nc1nc(-c2ccc3ccccc3c2)cn1-c1nc(-c2ccccc2)cs1.Nc1nc(-c2cccs2)cn1-c1nc(-c2ccccc2)cs1.Nc1nc(-c2cccs2)cn1-c1nc(-c2ccccc2Cl)cs1.Nc1nc(-c2cccs2)cn1-c1nc(-c2ccccn2)cs1. The van der Waals surface area contributed by atoms with E-state index < -0.39 is 0 Å². The van der Waals surface area contributed by atoms with Gasteiger partial charge in [0, 0.05) is 91.4 Å². The number of nitrogens with two attached hydrogens (primary N) is 5. The summed E-state index contributed by atoms with van der Waals surface area (Å²) in [4.78, 5) is 53.9. The number of anilines is 5. The Kier molecular flexibility index (Phi) is 21.9. The molecule has 111 heavy (non-hydrogen) atoms. The number of aromatic nitrogens is 16. The summed E-state index contributed by atoms with van der Waals surface area (Å²) in [6.07, 6.45) is 11.4. The Balaban J connectivity index is 0.000000106. The van der Waals surface area contributed by atoms with Crippen molar-refractivity contribution >= 4 is 154 Å². The molecule has 546 valence electrons. The van der Waals surface area contributed by atoms with E-state index in [1.54, 1.807) is 90.1 Å². The zero-order valence-corrected chi connectivity index (χ0v) is 66.3. The van der Waals surface area contributed by atoms with Gasteiger partial charge in [-0.15, -0.1) is 102 Å². The molecule has 20 rings (SSSR count). The van der Waals surface area contributed by atoms with Crippen LogP contribution in [0.4, 0.5) is 29.7 Å². The number of thiophene rings is 4. The van der Waals surface area contributed by atoms with Gasteiger partial charge in [-0.25, -0.2) is 49.8 Å². The minimum atomic E-state index is 0.424. The fraction of sp³-hybridized carbons (Fsp3) is 0.0125. The standard InChI is InChI=1S/C22H16N4S.C16H11ClN4S2.C16H12N4S2.C15H11N5S2.C11H10N4S2/c23-21-24-19(18-11-10-15-6-4-5-9-17(15)12-18)13-26(21)22-25-20(14-27-22)16-7-2-1-3-8-16;17-11-5-2-1-4-10(11)13-9-23-16(20-13)21-8-12(19-15(21)18)14-6-3-7-22-14;17-15-18-12(14-7-4-8-21-14)9-20(15)16-19-13(10-22-16)11-5-2-1-3-6-11;16-14-18-11(13-5-3-7-21-13)8-20(14)15-19-12(9-22-15)10-4-1-2-6-17-10;1-7-6-17-11(13-7)15-5-8(14-10(15)12)9-3-2-4-16-9/h1-14H,(H2,23,24);1-9H,(H2,18,19);1-10H,(H2,17,18);1-9H,(H2,16,18);2-6H,1H3,(H2,12,14). The topological polar surface area (TPSA) is 297 Å². The van der Waals surface area contributed by atoms with Crippen LogP contribution in [0.2, 0.25) is 5.02 Å². The van der Waals surface area contributed by atoms with Crippen LogP contribution in [-0.4, -0.2) is 77.7 Å². The van der Waals surface area contributed by atoms with Gasteiger partial charge in [0.15, 0.2) is 25.7 Å². The van der Waals surface area contributed by atoms with E-state index in [1.165, 1.54) is 33.4 Å². The molecule has 0 unspecified atom stereocenters. The van der Waals surface area contributed by atoms with Gasteiger partial charge in [-0.2, -0.15) is 0 Å². The normalized spacial score (nSPS) is 11.0. The zero-order valence-electron chi connectivity index (χ0n) is 58.2. The lowest BCUT2D eigenvalue weighted by Gasteiger charge is -2.00. The van der Waals surface area contributed by atoms with Crippen LogP contribution < -0.4 is 28.7 Å². The third kappa shape index (κ3) is 16.7. The first-order valence-electron chi connectivity index (χ1n) is 33.8. The van der Waals surface area contributed by atoms with Gasteiger partial charge in [-0.1, -0.05) is 157 Å². The highest BCUT2D eigenvalue weighted by Crippen LogP contribution is 2.37. The maximum Gasteiger partial charge on any atom is 0.207 e. The van der Waals surface area contributed by atoms with Gasteiger partial charge in [-0.3, -0.25) is 27.8 Å². The van der Waals surface area contributed by atoms with Gasteiger partial charge in [-0.05, 0) is 87.7 Å². The van der Waals surface area contributed by atoms with Crippen LogP contribution in [-0.2, 0) is 0 Å². The summed E-state index contributed by atoms with van der Waals surface area (Å²) in [6.45, 7) is 1.97. The molecular formula is C80H60ClN21S9. The second kappa shape index (κ2) is 33.3. The fourth-order valence-corrected chi connectivity index (χ4v) is 18.2. The molecule has 20 aromatic rings. The minimum absolute atomic E-state index is 0.424. The van der Waals surface area contributed by atoms with E-state index in [-0.39, 0.29) is 0 Å². The highest BCUT2D eigenvalue weighted by Gasteiger charge is 2.20. The quantitative estimate of drug-likeness (QED) is 0.0676. The number of nitrogens with zero attached hydrogens (tertiary/aromatic N) is 16. The Bertz CT molecular complexity index is 6250. The molecule has 0 aliphatic heterocycles. The molecule has 15 heterocycles. The predicted octanol–water partition coefficient (Wildman–Crippen LogP) is 21.3. The summed E-state index contributed by atoms with van der Waals surface area (Å²) in [5.74, 6) is 2.23. The molecule has 0 aliphatic carbocycles. The zero-order chi connectivity index (χ0) is 75.7. The highest BCUT2D eigenvalue weighted by molar-refractivity contribution is 7.15. The van der Waals surface area contributed by atoms with Crippen molar-refractivity contribution in [1.82, 2.24) is 77.7 Å². The Morgan fingerprint density at radius 1 is 0.279 bits per heavy atom. The van der Waals surface area contributed by atoms with E-state index in [4.69, 9.17) is 45.3 Å². The van der Waals surface area contributed by atoms with Gasteiger partial charge >= 0.3 is 0 Å². The van der Waals surface area contributed by atoms with Crippen molar-refractivity contribution in [2.75, 3.05) is 28.7 Å². The third-order valence-electron chi connectivity index (χ3n) is 16.6. The lowest BCUT2D eigenvalue weighted by Crippen LogP contribution is -1.99. The molecule has 5 aromatic carbocycles. The lowest BCUT2D eigenvalue weighted by molar-refractivity contribution is 1.03. The number of benzene rings is 5. The number of pyridine rings is 1. The Morgan fingerprint density at radius 2 is 0.649 bits per heavy atom. The molecule has 0 saturated heterocycles. The van der Waals surface area contributed by atoms with Crippen molar-refractivity contribution < 1.29 is 0 Å². The molecular weight excluding hydrogens is 1580 g/mol. The second-order valence-corrected chi connectivity index (χ2v) is 32.4. The Labute approximate surface area is 676 Å². The molecule has 0 radical (unpaired) electrons. The number of rotatable bonds is 14. The number of imidazole rings is 5. The number of fused-ring (bicyclic) bond motifs is 1. The third-order valence-corrected chi connectivity index (χ3v) is 24.8. The average molecular weight is 1640 g/mol. The molecule has 0 aliphatic rings. The first kappa shape index (κ1) is 73.0. The number of nitrogen functional groups attached to an aromatic ring is 5. The largest absolute Gasteiger partial charge is 0.369 e. The molecule has 21 nitrogen and oxygen atoms in total. The maximum atomic E-state index is 6.24. The van der Waals surface area contributed by atoms with E-state index >= 15 is 0 Å². The molecule has 0 amide bonds. The van der Waals surface area contributed by atoms with Crippen molar-refractivity contribution in [3.63, 3.8) is 0 Å². The minimum Gasteiger partial charge on any atom is -0.369 e. The maximum absolute atomic E-state index is 6.24. The molecule has 10 N–H and O–H groups in total. The molecule has 0 fully saturated rings. The molecule has 0 bridgehead atoms. The van der Waals surface area contributed by atoms with E-state index in [0.29, 0.717) is 34.8 Å². The Hall–Kier alpha value is -12.2. The van der Waals surface area contributed by atoms with Gasteiger partial charge in [0.25, 0.3) is 0 Å². The summed E-state index contributed by atoms with van der Waals surface area (Å²) in [5.41, 5.74) is 44.1. The monoisotopic (exact) mass is 1640 g/mol. The first-order chi connectivity index (χ1) is 54.4. The summed E-state index contributed by atoms with van der Waals surface area (Å²) < 4.78 is 9.13. The predicted molar refractivity (Wildman–Crippen MR) is 464 cm³/mol. The van der Waals surface area contributed by atoms with Gasteiger partial charge < -0.3 is 28.7 Å². The van der Waals surface area contributed by atoms with Gasteiger partial charge in [0.1, 0.15) is 28.5 Å². The van der Waals surface area contributed by atoms with Crippen LogP contribution >= 0.6 is 114 Å². The van der Waals surface area contributed by atoms with Crippen molar-refractivity contribution in [2.24, 2.45) is 0 Å². The summed E-state index contributed by atoms with van der Waals surface area (Å²) in [5, 5.41) is 25.2. The van der Waals surface area contributed by atoms with Crippen molar-refractivity contribution in [2.45, 2.75) is 6.92 Å². The van der Waals surface area contributed by atoms with E-state index in [2.05, 4.69) is 92.3 Å². The molecule has 0 saturated carbocycles. The van der Waals surface area contributed by atoms with Crippen LogP contribution in [0.3, 0.4) is 0 Å². The van der Waals surface area contributed by atoms with Crippen LogP contribution in [0.25, 0.3) is 135 Å².